The third-order valence-corrected chi connectivity index (χ3v) is 5.46. The average molecular weight is 442 g/mol. The molecule has 1 heterocycles. The van der Waals surface area contributed by atoms with Crippen LogP contribution in [0.4, 0.5) is 10.1 Å². The van der Waals surface area contributed by atoms with E-state index in [0.717, 1.165) is 31.7 Å². The van der Waals surface area contributed by atoms with E-state index in [2.05, 4.69) is 25.2 Å². The Morgan fingerprint density at radius 2 is 1.59 bits per heavy atom. The normalized spacial score (nSPS) is 15.6. The highest BCUT2D eigenvalue weighted by Crippen LogP contribution is 2.22. The molecule has 0 aliphatic carbocycles. The van der Waals surface area contributed by atoms with Crippen LogP contribution in [0, 0.1) is 5.82 Å². The number of carbonyl (C=O) groups excluding carboxylic acids is 3. The summed E-state index contributed by atoms with van der Waals surface area (Å²) in [7, 11) is 3.33. The van der Waals surface area contributed by atoms with Gasteiger partial charge in [-0.2, -0.15) is 0 Å². The van der Waals surface area contributed by atoms with Gasteiger partial charge in [0.2, 0.25) is 0 Å². The van der Waals surface area contributed by atoms with Gasteiger partial charge in [-0.25, -0.2) is 9.18 Å². The molecule has 0 radical (unpaired) electrons. The average Bonchev–Trinajstić information content (AvgIpc) is 2.81. The molecule has 2 N–H and O–H groups in total. The molecule has 1 unspecified atom stereocenters. The Bertz CT molecular complexity index is 941. The number of likely N-dealkylation sites (N-methyl/N-ethyl adjacent to an activating group) is 1. The highest BCUT2D eigenvalue weighted by molar-refractivity contribution is 6.39. The number of methoxy groups -OCH3 is 1. The van der Waals surface area contributed by atoms with E-state index in [-0.39, 0.29) is 18.4 Å². The third kappa shape index (κ3) is 6.12. The molecule has 2 aromatic rings. The fourth-order valence-corrected chi connectivity index (χ4v) is 3.54. The SMILES string of the molecule is COC(=O)c1ccc(NC(=O)C(=O)NCC(c2ccc(F)cc2)N2CCN(C)CC2)cc1. The monoisotopic (exact) mass is 442 g/mol. The van der Waals surface area contributed by atoms with Gasteiger partial charge in [0.05, 0.1) is 18.7 Å². The van der Waals surface area contributed by atoms with Crippen LogP contribution in [0.15, 0.2) is 48.5 Å². The Kier molecular flexibility index (Phi) is 7.91. The van der Waals surface area contributed by atoms with Crippen molar-refractivity contribution in [2.24, 2.45) is 0 Å². The number of nitrogens with zero attached hydrogens (tertiary/aromatic N) is 2. The van der Waals surface area contributed by atoms with Crippen LogP contribution in [0.3, 0.4) is 0 Å². The summed E-state index contributed by atoms with van der Waals surface area (Å²) in [4.78, 5) is 40.6. The van der Waals surface area contributed by atoms with E-state index in [1.165, 1.54) is 43.5 Å². The summed E-state index contributed by atoms with van der Waals surface area (Å²) in [6.07, 6.45) is 0. The van der Waals surface area contributed by atoms with Gasteiger partial charge in [0.25, 0.3) is 0 Å². The van der Waals surface area contributed by atoms with Gasteiger partial charge in [-0.3, -0.25) is 14.5 Å². The predicted molar refractivity (Wildman–Crippen MR) is 118 cm³/mol. The van der Waals surface area contributed by atoms with Gasteiger partial charge in [0.1, 0.15) is 5.82 Å². The highest BCUT2D eigenvalue weighted by atomic mass is 19.1. The first-order valence-electron chi connectivity index (χ1n) is 10.3. The van der Waals surface area contributed by atoms with Crippen LogP contribution >= 0.6 is 0 Å². The third-order valence-electron chi connectivity index (χ3n) is 5.46. The van der Waals surface area contributed by atoms with Gasteiger partial charge in [-0.1, -0.05) is 12.1 Å². The van der Waals surface area contributed by atoms with Gasteiger partial charge in [-0.05, 0) is 49.0 Å². The highest BCUT2D eigenvalue weighted by Gasteiger charge is 2.25. The van der Waals surface area contributed by atoms with Gasteiger partial charge in [0, 0.05) is 38.4 Å². The summed E-state index contributed by atoms with van der Waals surface area (Å²) < 4.78 is 18.0. The molecule has 2 aromatic carbocycles. The molecule has 32 heavy (non-hydrogen) atoms. The van der Waals surface area contributed by atoms with Gasteiger partial charge < -0.3 is 20.3 Å². The first-order valence-corrected chi connectivity index (χ1v) is 10.3. The van der Waals surface area contributed by atoms with Crippen LogP contribution in [0.5, 0.6) is 0 Å². The zero-order valence-electron chi connectivity index (χ0n) is 18.1. The number of halogens is 1. The van der Waals surface area contributed by atoms with Crippen molar-refractivity contribution in [1.82, 2.24) is 15.1 Å². The van der Waals surface area contributed by atoms with Crippen molar-refractivity contribution in [3.63, 3.8) is 0 Å². The minimum atomic E-state index is -0.813. The fourth-order valence-electron chi connectivity index (χ4n) is 3.54. The summed E-state index contributed by atoms with van der Waals surface area (Å²) in [5.74, 6) is -2.40. The minimum Gasteiger partial charge on any atom is -0.465 e. The molecular formula is C23H27FN4O4. The molecule has 1 aliphatic rings. The Labute approximate surface area is 186 Å². The van der Waals surface area contributed by atoms with Gasteiger partial charge >= 0.3 is 17.8 Å². The molecule has 1 fully saturated rings. The zero-order valence-corrected chi connectivity index (χ0v) is 18.1. The zero-order chi connectivity index (χ0) is 23.1. The van der Waals surface area contributed by atoms with Crippen LogP contribution in [0.25, 0.3) is 0 Å². The molecule has 1 atom stereocenters. The van der Waals surface area contributed by atoms with E-state index in [1.54, 1.807) is 12.1 Å². The Hall–Kier alpha value is -3.30. The first-order chi connectivity index (χ1) is 15.4. The number of amides is 2. The lowest BCUT2D eigenvalue weighted by molar-refractivity contribution is -0.136. The van der Waals surface area contributed by atoms with Crippen molar-refractivity contribution in [1.29, 1.82) is 0 Å². The first kappa shape index (κ1) is 23.4. The largest absolute Gasteiger partial charge is 0.465 e. The maximum atomic E-state index is 13.4. The van der Waals surface area contributed by atoms with Crippen molar-refractivity contribution in [3.8, 4) is 0 Å². The van der Waals surface area contributed by atoms with Crippen molar-refractivity contribution in [2.45, 2.75) is 6.04 Å². The molecule has 1 aliphatic heterocycles. The van der Waals surface area contributed by atoms with Crippen molar-refractivity contribution in [2.75, 3.05) is 52.2 Å². The van der Waals surface area contributed by atoms with E-state index >= 15 is 0 Å². The summed E-state index contributed by atoms with van der Waals surface area (Å²) in [5.41, 5.74) is 1.59. The standard InChI is InChI=1S/C23H27FN4O4/c1-27-11-13-28(14-12-27)20(16-3-7-18(24)8-4-16)15-25-21(29)22(30)26-19-9-5-17(6-10-19)23(31)32-2/h3-10,20H,11-15H2,1-2H3,(H,25,29)(H,26,30). The van der Waals surface area contributed by atoms with E-state index in [9.17, 15) is 18.8 Å². The smallest absolute Gasteiger partial charge is 0.337 e. The number of anilines is 1. The number of hydrogen-bond acceptors (Lipinski definition) is 6. The molecule has 0 saturated carbocycles. The van der Waals surface area contributed by atoms with Crippen LogP contribution < -0.4 is 10.6 Å². The summed E-state index contributed by atoms with van der Waals surface area (Å²) in [5, 5.41) is 5.20. The second kappa shape index (κ2) is 10.8. The summed E-state index contributed by atoms with van der Waals surface area (Å²) in [6, 6.07) is 12.0. The van der Waals surface area contributed by atoms with E-state index < -0.39 is 17.8 Å². The second-order valence-corrected chi connectivity index (χ2v) is 7.64. The molecule has 9 heteroatoms. The molecule has 1 saturated heterocycles. The Morgan fingerprint density at radius 1 is 0.969 bits per heavy atom. The van der Waals surface area contributed by atoms with Crippen LogP contribution in [0.1, 0.15) is 22.0 Å². The number of carbonyl (C=O) groups is 3. The summed E-state index contributed by atoms with van der Waals surface area (Å²) in [6.45, 7) is 3.57. The maximum absolute atomic E-state index is 13.4. The number of hydrogen-bond donors (Lipinski definition) is 2. The molecule has 170 valence electrons. The quantitative estimate of drug-likeness (QED) is 0.522. The lowest BCUT2D eigenvalue weighted by Crippen LogP contribution is -2.49. The van der Waals surface area contributed by atoms with Crippen molar-refractivity contribution < 1.29 is 23.5 Å². The molecule has 0 aromatic heterocycles. The molecular weight excluding hydrogens is 415 g/mol. The van der Waals surface area contributed by atoms with Crippen LogP contribution in [-0.2, 0) is 14.3 Å². The molecule has 0 bridgehead atoms. The van der Waals surface area contributed by atoms with Crippen LogP contribution in [0.2, 0.25) is 0 Å². The lowest BCUT2D eigenvalue weighted by Gasteiger charge is -2.38. The predicted octanol–water partition coefficient (Wildman–Crippen LogP) is 1.66. The summed E-state index contributed by atoms with van der Waals surface area (Å²) >= 11 is 0. The lowest BCUT2D eigenvalue weighted by atomic mass is 10.0. The Balaban J connectivity index is 1.61. The van der Waals surface area contributed by atoms with E-state index in [4.69, 9.17) is 0 Å². The number of esters is 1. The van der Waals surface area contributed by atoms with Crippen molar-refractivity contribution in [3.05, 3.63) is 65.5 Å². The number of ether oxygens (including phenoxy) is 1. The number of benzene rings is 2. The van der Waals surface area contributed by atoms with Gasteiger partial charge in [-0.15, -0.1) is 0 Å². The minimum absolute atomic E-state index is 0.180. The molecule has 2 amide bonds. The van der Waals surface area contributed by atoms with Gasteiger partial charge in [0.15, 0.2) is 0 Å². The molecule has 0 spiro atoms. The maximum Gasteiger partial charge on any atom is 0.337 e. The topological polar surface area (TPSA) is 91.0 Å². The van der Waals surface area contributed by atoms with Crippen molar-refractivity contribution >= 4 is 23.5 Å². The van der Waals surface area contributed by atoms with E-state index in [0.29, 0.717) is 11.3 Å². The number of nitrogens with one attached hydrogen (secondary N) is 2. The van der Waals surface area contributed by atoms with Crippen LogP contribution in [-0.4, -0.2) is 74.5 Å². The molecule has 3 rings (SSSR count). The Morgan fingerprint density at radius 3 is 2.19 bits per heavy atom. The second-order valence-electron chi connectivity index (χ2n) is 7.64. The fraction of sp³-hybridized carbons (Fsp3) is 0.348. The molecule has 8 nitrogen and oxygen atoms in total. The number of rotatable bonds is 6. The number of piperazine rings is 1. The van der Waals surface area contributed by atoms with E-state index in [1.807, 2.05) is 7.05 Å².